The topological polar surface area (TPSA) is 98.7 Å². The number of fused-ring (bicyclic) bond motifs is 1. The van der Waals surface area contributed by atoms with Gasteiger partial charge in [-0.15, -0.1) is 0 Å². The lowest BCUT2D eigenvalue weighted by molar-refractivity contribution is 0.603. The predicted octanol–water partition coefficient (Wildman–Crippen LogP) is 0.248. The molecule has 2 aromatic heterocycles. The van der Waals surface area contributed by atoms with Crippen LogP contribution in [-0.2, 0) is 20.0 Å². The molecule has 0 saturated carbocycles. The molecule has 0 unspecified atom stereocenters. The second-order valence-electron chi connectivity index (χ2n) is 4.85. The summed E-state index contributed by atoms with van der Waals surface area (Å²) in [4.78, 5) is 31.3. The van der Waals surface area contributed by atoms with E-state index in [1.165, 1.54) is 9.13 Å². The molecule has 21 heavy (non-hydrogen) atoms. The molecule has 0 radical (unpaired) electrons. The van der Waals surface area contributed by atoms with Gasteiger partial charge >= 0.3 is 5.69 Å². The van der Waals surface area contributed by atoms with Gasteiger partial charge in [0, 0.05) is 13.6 Å². The van der Waals surface area contributed by atoms with Crippen molar-refractivity contribution < 1.29 is 0 Å². The summed E-state index contributed by atoms with van der Waals surface area (Å²) < 4.78 is 2.53. The summed E-state index contributed by atoms with van der Waals surface area (Å²) >= 11 is 0. The number of nitrogens with zero attached hydrogens (tertiary/aromatic N) is 3. The van der Waals surface area contributed by atoms with Crippen molar-refractivity contribution in [2.75, 3.05) is 5.73 Å². The van der Waals surface area contributed by atoms with Gasteiger partial charge in [0.15, 0.2) is 17.1 Å². The van der Waals surface area contributed by atoms with E-state index < -0.39 is 11.2 Å². The first kappa shape index (κ1) is 13.2. The van der Waals surface area contributed by atoms with Crippen molar-refractivity contribution in [1.29, 1.82) is 0 Å². The first-order chi connectivity index (χ1) is 10.1. The Morgan fingerprint density at radius 1 is 1.24 bits per heavy atom. The number of imidazole rings is 1. The molecule has 0 fully saturated rings. The molecule has 3 aromatic rings. The summed E-state index contributed by atoms with van der Waals surface area (Å²) in [5, 5.41) is 0. The Morgan fingerprint density at radius 3 is 2.67 bits per heavy atom. The lowest BCUT2D eigenvalue weighted by Crippen LogP contribution is -2.39. The zero-order valence-electron chi connectivity index (χ0n) is 11.5. The Morgan fingerprint density at radius 2 is 1.95 bits per heavy atom. The standard InChI is InChI=1S/C14H15N5O2/c1-18-11-10(16-13(15)17-11)12(20)19(14(18)21)8-7-9-5-3-2-4-6-9/h2-6H,7-8H2,1H3,(H3,15,16,17). The van der Waals surface area contributed by atoms with Crippen LogP contribution in [0.3, 0.4) is 0 Å². The van der Waals surface area contributed by atoms with E-state index in [2.05, 4.69) is 9.97 Å². The lowest BCUT2D eigenvalue weighted by atomic mass is 10.1. The number of aryl methyl sites for hydroxylation is 2. The van der Waals surface area contributed by atoms with Gasteiger partial charge in [-0.3, -0.25) is 13.9 Å². The zero-order valence-corrected chi connectivity index (χ0v) is 11.5. The molecule has 108 valence electrons. The monoisotopic (exact) mass is 285 g/mol. The fraction of sp³-hybridized carbons (Fsp3) is 0.214. The van der Waals surface area contributed by atoms with E-state index in [9.17, 15) is 9.59 Å². The van der Waals surface area contributed by atoms with Crippen LogP contribution in [0.4, 0.5) is 5.95 Å². The van der Waals surface area contributed by atoms with Crippen LogP contribution in [0.2, 0.25) is 0 Å². The van der Waals surface area contributed by atoms with E-state index in [1.54, 1.807) is 7.05 Å². The molecule has 1 aromatic carbocycles. The molecule has 0 aliphatic rings. The fourth-order valence-corrected chi connectivity index (χ4v) is 2.35. The molecular weight excluding hydrogens is 270 g/mol. The molecule has 0 aliphatic carbocycles. The molecule has 3 rings (SSSR count). The van der Waals surface area contributed by atoms with Crippen molar-refractivity contribution in [1.82, 2.24) is 19.1 Å². The number of aromatic nitrogens is 4. The first-order valence-electron chi connectivity index (χ1n) is 6.57. The van der Waals surface area contributed by atoms with E-state index in [0.717, 1.165) is 5.56 Å². The van der Waals surface area contributed by atoms with Gasteiger partial charge < -0.3 is 10.7 Å². The number of hydrogen-bond acceptors (Lipinski definition) is 4. The van der Waals surface area contributed by atoms with Crippen molar-refractivity contribution in [3.63, 3.8) is 0 Å². The van der Waals surface area contributed by atoms with E-state index in [1.807, 2.05) is 30.3 Å². The maximum atomic E-state index is 12.4. The van der Waals surface area contributed by atoms with Crippen LogP contribution in [0.15, 0.2) is 39.9 Å². The Hall–Kier alpha value is -2.83. The molecule has 7 heteroatoms. The highest BCUT2D eigenvalue weighted by atomic mass is 16.2. The molecule has 0 spiro atoms. The summed E-state index contributed by atoms with van der Waals surface area (Å²) in [6.45, 7) is 0.310. The van der Waals surface area contributed by atoms with Crippen LogP contribution in [-0.4, -0.2) is 19.1 Å². The highest BCUT2D eigenvalue weighted by Crippen LogP contribution is 2.05. The summed E-state index contributed by atoms with van der Waals surface area (Å²) in [6, 6.07) is 9.70. The maximum Gasteiger partial charge on any atom is 0.332 e. The van der Waals surface area contributed by atoms with Crippen molar-refractivity contribution in [2.45, 2.75) is 13.0 Å². The predicted molar refractivity (Wildman–Crippen MR) is 80.2 cm³/mol. The van der Waals surface area contributed by atoms with E-state index in [-0.39, 0.29) is 17.1 Å². The number of hydrogen-bond donors (Lipinski definition) is 2. The molecule has 0 aliphatic heterocycles. The molecule has 3 N–H and O–H groups in total. The molecule has 0 amide bonds. The van der Waals surface area contributed by atoms with Gasteiger partial charge in [-0.2, -0.15) is 4.98 Å². The quantitative estimate of drug-likeness (QED) is 0.720. The Bertz CT molecular complexity index is 905. The molecule has 0 atom stereocenters. The van der Waals surface area contributed by atoms with Crippen molar-refractivity contribution in [3.8, 4) is 0 Å². The van der Waals surface area contributed by atoms with Gasteiger partial charge in [-0.25, -0.2) is 4.79 Å². The fourth-order valence-electron chi connectivity index (χ4n) is 2.35. The van der Waals surface area contributed by atoms with Crippen molar-refractivity contribution in [3.05, 3.63) is 56.7 Å². The number of H-pyrrole nitrogens is 1. The van der Waals surface area contributed by atoms with Crippen LogP contribution < -0.4 is 17.0 Å². The SMILES string of the molecule is Cn1c(=O)n(CCc2ccccc2)c(=O)c2[nH]c(N)nc21. The van der Waals surface area contributed by atoms with E-state index in [0.29, 0.717) is 13.0 Å². The minimum Gasteiger partial charge on any atom is -0.369 e. The number of aromatic amines is 1. The number of nitrogens with two attached hydrogens (primary N) is 1. The van der Waals surface area contributed by atoms with Gasteiger partial charge in [0.05, 0.1) is 0 Å². The molecule has 0 saturated heterocycles. The third-order valence-electron chi connectivity index (χ3n) is 3.46. The summed E-state index contributed by atoms with van der Waals surface area (Å²) in [5.41, 5.74) is 6.37. The first-order valence-corrected chi connectivity index (χ1v) is 6.57. The van der Waals surface area contributed by atoms with Crippen LogP contribution in [0, 0.1) is 0 Å². The largest absolute Gasteiger partial charge is 0.369 e. The zero-order chi connectivity index (χ0) is 15.0. The Kier molecular flexibility index (Phi) is 3.09. The summed E-state index contributed by atoms with van der Waals surface area (Å²) in [6.07, 6.45) is 0.602. The van der Waals surface area contributed by atoms with Crippen LogP contribution in [0.1, 0.15) is 5.56 Å². The van der Waals surface area contributed by atoms with Gasteiger partial charge in [0.2, 0.25) is 0 Å². The molecule has 7 nitrogen and oxygen atoms in total. The van der Waals surface area contributed by atoms with Crippen LogP contribution >= 0.6 is 0 Å². The second-order valence-corrected chi connectivity index (χ2v) is 4.85. The minimum atomic E-state index is -0.395. The van der Waals surface area contributed by atoms with Gasteiger partial charge in [-0.1, -0.05) is 30.3 Å². The highest BCUT2D eigenvalue weighted by Gasteiger charge is 2.14. The Labute approximate surface area is 119 Å². The third-order valence-corrected chi connectivity index (χ3v) is 3.46. The highest BCUT2D eigenvalue weighted by molar-refractivity contribution is 5.72. The smallest absolute Gasteiger partial charge is 0.332 e. The lowest BCUT2D eigenvalue weighted by Gasteiger charge is -2.07. The second kappa shape index (κ2) is 4.93. The number of nitrogens with one attached hydrogen (secondary N) is 1. The van der Waals surface area contributed by atoms with Gasteiger partial charge in [0.25, 0.3) is 5.56 Å². The van der Waals surface area contributed by atoms with Gasteiger partial charge in [-0.05, 0) is 12.0 Å². The number of nitrogen functional groups attached to an aromatic ring is 1. The molecule has 2 heterocycles. The van der Waals surface area contributed by atoms with Crippen LogP contribution in [0.25, 0.3) is 11.2 Å². The van der Waals surface area contributed by atoms with E-state index >= 15 is 0 Å². The normalized spacial score (nSPS) is 11.1. The minimum absolute atomic E-state index is 0.123. The van der Waals surface area contributed by atoms with Crippen molar-refractivity contribution >= 4 is 17.1 Å². The Balaban J connectivity index is 2.06. The number of rotatable bonds is 3. The van der Waals surface area contributed by atoms with E-state index in [4.69, 9.17) is 5.73 Å². The van der Waals surface area contributed by atoms with Crippen molar-refractivity contribution in [2.24, 2.45) is 7.05 Å². The third kappa shape index (κ3) is 2.22. The molecular formula is C14H15N5O2. The maximum absolute atomic E-state index is 12.4. The van der Waals surface area contributed by atoms with Crippen LogP contribution in [0.5, 0.6) is 0 Å². The number of anilines is 1. The molecule has 0 bridgehead atoms. The summed E-state index contributed by atoms with van der Waals surface area (Å²) in [5.74, 6) is 0.123. The number of benzene rings is 1. The van der Waals surface area contributed by atoms with Gasteiger partial charge in [0.1, 0.15) is 0 Å². The average molecular weight is 285 g/mol. The average Bonchev–Trinajstić information content (AvgIpc) is 2.88. The summed E-state index contributed by atoms with van der Waals surface area (Å²) in [7, 11) is 1.57.